The van der Waals surface area contributed by atoms with Crippen molar-refractivity contribution in [2.75, 3.05) is 6.54 Å². The van der Waals surface area contributed by atoms with Gasteiger partial charge in [-0.3, -0.25) is 0 Å². The summed E-state index contributed by atoms with van der Waals surface area (Å²) in [5.41, 5.74) is -0.436. The van der Waals surface area contributed by atoms with Crippen LogP contribution in [0.15, 0.2) is 12.4 Å². The van der Waals surface area contributed by atoms with Crippen LogP contribution in [0.5, 0.6) is 0 Å². The van der Waals surface area contributed by atoms with Gasteiger partial charge in [0, 0.05) is 31.9 Å². The number of aryl methyl sites for hydroxylation is 1. The fourth-order valence-corrected chi connectivity index (χ4v) is 2.15. The fraction of sp³-hybridized carbons (Fsp3) is 0.692. The van der Waals surface area contributed by atoms with Gasteiger partial charge < -0.3 is 14.6 Å². The second-order valence-corrected chi connectivity index (χ2v) is 5.78. The summed E-state index contributed by atoms with van der Waals surface area (Å²) in [6.07, 6.45) is 5.54. The summed E-state index contributed by atoms with van der Waals surface area (Å²) in [4.78, 5) is 15.8. The van der Waals surface area contributed by atoms with Gasteiger partial charge >= 0.3 is 6.09 Å². The molecule has 0 aliphatic carbocycles. The minimum atomic E-state index is -0.436. The van der Waals surface area contributed by atoms with Gasteiger partial charge in [-0.1, -0.05) is 0 Å². The zero-order valence-corrected chi connectivity index (χ0v) is 11.3. The van der Waals surface area contributed by atoms with Crippen LogP contribution in [-0.4, -0.2) is 27.8 Å². The molecule has 1 unspecified atom stereocenters. The van der Waals surface area contributed by atoms with Crippen molar-refractivity contribution in [2.45, 2.75) is 45.8 Å². The third-order valence-corrected chi connectivity index (χ3v) is 2.97. The number of carbonyl (C=O) groups is 1. The number of hydrogen-bond donors (Lipinski definition) is 1. The predicted molar refractivity (Wildman–Crippen MR) is 68.3 cm³/mol. The molecule has 0 bridgehead atoms. The van der Waals surface area contributed by atoms with E-state index in [9.17, 15) is 4.79 Å². The van der Waals surface area contributed by atoms with Crippen molar-refractivity contribution in [3.8, 4) is 0 Å². The van der Waals surface area contributed by atoms with Gasteiger partial charge in [-0.05, 0) is 33.1 Å². The van der Waals surface area contributed by atoms with Gasteiger partial charge in [0.15, 0.2) is 0 Å². The first-order valence-corrected chi connectivity index (χ1v) is 6.41. The first kappa shape index (κ1) is 12.9. The largest absolute Gasteiger partial charge is 0.444 e. The molecule has 0 spiro atoms. The quantitative estimate of drug-likeness (QED) is 0.874. The van der Waals surface area contributed by atoms with Crippen molar-refractivity contribution in [2.24, 2.45) is 5.92 Å². The lowest BCUT2D eigenvalue weighted by Gasteiger charge is -2.25. The number of aromatic nitrogens is 2. The van der Waals surface area contributed by atoms with Gasteiger partial charge in [0.2, 0.25) is 0 Å². The average molecular weight is 251 g/mol. The summed E-state index contributed by atoms with van der Waals surface area (Å²) in [7, 11) is 0. The van der Waals surface area contributed by atoms with Crippen LogP contribution in [0.3, 0.4) is 0 Å². The van der Waals surface area contributed by atoms with Crippen LogP contribution in [-0.2, 0) is 17.7 Å². The first-order valence-electron chi connectivity index (χ1n) is 6.41. The van der Waals surface area contributed by atoms with E-state index in [2.05, 4.69) is 14.9 Å². The fourth-order valence-electron chi connectivity index (χ4n) is 2.15. The SMILES string of the molecule is CC(C)(C)OC(=O)NCC1CCc2nccn2C1. The van der Waals surface area contributed by atoms with Gasteiger partial charge in [-0.15, -0.1) is 0 Å². The molecule has 1 aromatic heterocycles. The number of amides is 1. The van der Waals surface area contributed by atoms with Gasteiger partial charge in [0.1, 0.15) is 11.4 Å². The summed E-state index contributed by atoms with van der Waals surface area (Å²) < 4.78 is 7.37. The highest BCUT2D eigenvalue weighted by molar-refractivity contribution is 5.67. The molecule has 0 aromatic carbocycles. The standard InChI is InChI=1S/C13H21N3O2/c1-13(2,3)18-12(17)15-8-10-4-5-11-14-6-7-16(11)9-10/h6-7,10H,4-5,8-9H2,1-3H3,(H,15,17). The second kappa shape index (κ2) is 5.00. The Morgan fingerprint density at radius 2 is 2.39 bits per heavy atom. The van der Waals surface area contributed by atoms with E-state index in [1.807, 2.05) is 33.2 Å². The van der Waals surface area contributed by atoms with Gasteiger partial charge in [0.05, 0.1) is 0 Å². The maximum Gasteiger partial charge on any atom is 0.407 e. The molecule has 5 nitrogen and oxygen atoms in total. The molecule has 0 saturated heterocycles. The zero-order valence-electron chi connectivity index (χ0n) is 11.3. The van der Waals surface area contributed by atoms with Crippen LogP contribution in [0, 0.1) is 5.92 Å². The predicted octanol–water partition coefficient (Wildman–Crippen LogP) is 1.97. The van der Waals surface area contributed by atoms with Crippen LogP contribution < -0.4 is 5.32 Å². The minimum absolute atomic E-state index is 0.334. The van der Waals surface area contributed by atoms with Crippen molar-refractivity contribution in [3.05, 3.63) is 18.2 Å². The lowest BCUT2D eigenvalue weighted by molar-refractivity contribution is 0.0515. The topological polar surface area (TPSA) is 56.1 Å². The molecule has 1 aromatic rings. The van der Waals surface area contributed by atoms with E-state index < -0.39 is 5.60 Å². The molecule has 1 atom stereocenters. The van der Waals surface area contributed by atoms with Gasteiger partial charge in [-0.2, -0.15) is 0 Å². The Labute approximate surface area is 108 Å². The maximum absolute atomic E-state index is 11.5. The highest BCUT2D eigenvalue weighted by Gasteiger charge is 2.21. The number of ether oxygens (including phenoxy) is 1. The van der Waals surface area contributed by atoms with Crippen LogP contribution in [0.1, 0.15) is 33.0 Å². The molecule has 1 aliphatic heterocycles. The van der Waals surface area contributed by atoms with E-state index in [1.54, 1.807) is 0 Å². The Morgan fingerprint density at radius 1 is 1.61 bits per heavy atom. The molecule has 1 amide bonds. The van der Waals surface area contributed by atoms with Crippen molar-refractivity contribution in [1.82, 2.24) is 14.9 Å². The number of nitrogens with zero attached hydrogens (tertiary/aromatic N) is 2. The normalized spacial score (nSPS) is 19.2. The molecule has 1 aliphatic rings. The zero-order chi connectivity index (χ0) is 13.2. The average Bonchev–Trinajstić information content (AvgIpc) is 2.71. The van der Waals surface area contributed by atoms with E-state index in [0.717, 1.165) is 25.2 Å². The molecule has 5 heteroatoms. The molecule has 0 radical (unpaired) electrons. The van der Waals surface area contributed by atoms with E-state index in [-0.39, 0.29) is 6.09 Å². The maximum atomic E-state index is 11.5. The minimum Gasteiger partial charge on any atom is -0.444 e. The van der Waals surface area contributed by atoms with Crippen molar-refractivity contribution in [3.63, 3.8) is 0 Å². The number of carbonyl (C=O) groups excluding carboxylic acids is 1. The molecule has 0 fully saturated rings. The summed E-state index contributed by atoms with van der Waals surface area (Å²) in [5, 5.41) is 2.84. The smallest absolute Gasteiger partial charge is 0.407 e. The van der Waals surface area contributed by atoms with Crippen LogP contribution in [0.4, 0.5) is 4.79 Å². The van der Waals surface area contributed by atoms with Gasteiger partial charge in [0.25, 0.3) is 0 Å². The Bertz CT molecular complexity index is 420. The number of alkyl carbamates (subject to hydrolysis) is 1. The molecule has 0 saturated carbocycles. The molecule has 2 rings (SSSR count). The van der Waals surface area contributed by atoms with Crippen molar-refractivity contribution >= 4 is 6.09 Å². The number of hydrogen-bond acceptors (Lipinski definition) is 3. The molecule has 2 heterocycles. The second-order valence-electron chi connectivity index (χ2n) is 5.78. The Morgan fingerprint density at radius 3 is 3.11 bits per heavy atom. The summed E-state index contributed by atoms with van der Waals surface area (Å²) in [6.45, 7) is 7.18. The molecular formula is C13H21N3O2. The summed E-state index contributed by atoms with van der Waals surface area (Å²) in [5.74, 6) is 1.60. The molecule has 100 valence electrons. The third kappa shape index (κ3) is 3.48. The van der Waals surface area contributed by atoms with E-state index in [4.69, 9.17) is 4.74 Å². The van der Waals surface area contributed by atoms with E-state index in [0.29, 0.717) is 12.5 Å². The summed E-state index contributed by atoms with van der Waals surface area (Å²) in [6, 6.07) is 0. The van der Waals surface area contributed by atoms with Crippen LogP contribution in [0.2, 0.25) is 0 Å². The molecule has 1 N–H and O–H groups in total. The summed E-state index contributed by atoms with van der Waals surface area (Å²) >= 11 is 0. The van der Waals surface area contributed by atoms with E-state index >= 15 is 0 Å². The van der Waals surface area contributed by atoms with Crippen LogP contribution >= 0.6 is 0 Å². The molecular weight excluding hydrogens is 230 g/mol. The number of rotatable bonds is 2. The highest BCUT2D eigenvalue weighted by Crippen LogP contribution is 2.18. The lowest BCUT2D eigenvalue weighted by atomic mass is 9.99. The number of nitrogens with one attached hydrogen (secondary N) is 1. The Kier molecular flexibility index (Phi) is 3.59. The third-order valence-electron chi connectivity index (χ3n) is 2.97. The van der Waals surface area contributed by atoms with Crippen molar-refractivity contribution in [1.29, 1.82) is 0 Å². The highest BCUT2D eigenvalue weighted by atomic mass is 16.6. The first-order chi connectivity index (χ1) is 8.44. The lowest BCUT2D eigenvalue weighted by Crippen LogP contribution is -2.37. The number of imidazole rings is 1. The number of fused-ring (bicyclic) bond motifs is 1. The monoisotopic (exact) mass is 251 g/mol. The van der Waals surface area contributed by atoms with Gasteiger partial charge in [-0.25, -0.2) is 9.78 Å². The van der Waals surface area contributed by atoms with Crippen molar-refractivity contribution < 1.29 is 9.53 Å². The Hall–Kier alpha value is -1.52. The van der Waals surface area contributed by atoms with E-state index in [1.165, 1.54) is 0 Å². The Balaban J connectivity index is 1.77. The molecule has 18 heavy (non-hydrogen) atoms. The van der Waals surface area contributed by atoms with Crippen LogP contribution in [0.25, 0.3) is 0 Å².